The van der Waals surface area contributed by atoms with Crippen LogP contribution in [-0.4, -0.2) is 71.1 Å². The molecule has 0 saturated carbocycles. The van der Waals surface area contributed by atoms with Crippen LogP contribution in [0.3, 0.4) is 0 Å². The summed E-state index contributed by atoms with van der Waals surface area (Å²) in [6, 6.07) is 2.22. The van der Waals surface area contributed by atoms with Crippen molar-refractivity contribution < 1.29 is 38.6 Å². The van der Waals surface area contributed by atoms with Crippen molar-refractivity contribution in [2.24, 2.45) is 5.73 Å². The monoisotopic (exact) mass is 536 g/mol. The van der Waals surface area contributed by atoms with Crippen molar-refractivity contribution in [3.05, 3.63) is 29.3 Å². The van der Waals surface area contributed by atoms with Gasteiger partial charge in [-0.25, -0.2) is 4.79 Å². The fourth-order valence-electron chi connectivity index (χ4n) is 3.63. The van der Waals surface area contributed by atoms with Crippen molar-refractivity contribution in [2.75, 3.05) is 19.7 Å². The highest BCUT2D eigenvalue weighted by atomic mass is 16.6. The summed E-state index contributed by atoms with van der Waals surface area (Å²) in [5.41, 5.74) is 5.06. The lowest BCUT2D eigenvalue weighted by atomic mass is 9.98. The van der Waals surface area contributed by atoms with Gasteiger partial charge < -0.3 is 35.8 Å². The van der Waals surface area contributed by atoms with E-state index in [-0.39, 0.29) is 50.3 Å². The number of alkyl carbamates (subject to hydrolysis) is 1. The van der Waals surface area contributed by atoms with Crippen LogP contribution in [0, 0.1) is 6.92 Å². The minimum atomic E-state index is -1.31. The zero-order chi connectivity index (χ0) is 29.0. The van der Waals surface area contributed by atoms with Crippen molar-refractivity contribution in [3.8, 4) is 5.75 Å². The van der Waals surface area contributed by atoms with Gasteiger partial charge in [0.1, 0.15) is 23.4 Å². The molecule has 0 aromatic heterocycles. The fraction of sp³-hybridized carbons (Fsp3) is 0.577. The number of primary amides is 1. The number of nitrogens with zero attached hydrogens (tertiary/aromatic N) is 1. The number of phenolic OH excluding ortho intramolecular Hbond substituents is 1. The molecule has 38 heavy (non-hydrogen) atoms. The number of hydrogen-bond acceptors (Lipinski definition) is 8. The second-order valence-corrected chi connectivity index (χ2v) is 9.59. The van der Waals surface area contributed by atoms with E-state index in [2.05, 4.69) is 10.6 Å². The Morgan fingerprint density at radius 3 is 2.32 bits per heavy atom. The quantitative estimate of drug-likeness (QED) is 0.276. The average Bonchev–Trinajstić information content (AvgIpc) is 2.80. The van der Waals surface area contributed by atoms with E-state index in [1.165, 1.54) is 11.0 Å². The highest BCUT2D eigenvalue weighted by molar-refractivity contribution is 5.93. The molecule has 12 heteroatoms. The molecule has 2 atom stereocenters. The Balaban J connectivity index is 3.38. The number of aryl methyl sites for hydroxylation is 1. The van der Waals surface area contributed by atoms with Crippen LogP contribution in [0.2, 0.25) is 0 Å². The molecule has 0 aliphatic heterocycles. The Labute approximate surface area is 223 Å². The number of amides is 4. The molecule has 12 nitrogen and oxygen atoms in total. The highest BCUT2D eigenvalue weighted by Crippen LogP contribution is 2.32. The van der Waals surface area contributed by atoms with Crippen molar-refractivity contribution >= 4 is 29.8 Å². The van der Waals surface area contributed by atoms with E-state index >= 15 is 0 Å². The van der Waals surface area contributed by atoms with Gasteiger partial charge in [-0.05, 0) is 53.5 Å². The maximum Gasteiger partial charge on any atom is 0.408 e. The molecular formula is C26H40N4O8. The number of para-hydroxylation sites is 1. The van der Waals surface area contributed by atoms with Crippen LogP contribution < -0.4 is 16.4 Å². The Bertz CT molecular complexity index is 1010. The van der Waals surface area contributed by atoms with Crippen LogP contribution in [0.25, 0.3) is 0 Å². The van der Waals surface area contributed by atoms with E-state index in [4.69, 9.17) is 15.2 Å². The summed E-state index contributed by atoms with van der Waals surface area (Å²) >= 11 is 0. The summed E-state index contributed by atoms with van der Waals surface area (Å²) in [5.74, 6) is -2.71. The third kappa shape index (κ3) is 10.3. The van der Waals surface area contributed by atoms with E-state index in [1.54, 1.807) is 53.7 Å². The summed E-state index contributed by atoms with van der Waals surface area (Å²) < 4.78 is 10.1. The number of hydrogen-bond donors (Lipinski definition) is 4. The molecule has 0 bridgehead atoms. The standard InChI is InChI=1S/C26H40N4O8/c1-7-30(24(35)18(12-13-19(27)31)29-25(36)38-26(4,5)6)21(17-11-9-10-16(3)22(17)33)23(34)28-15-14-20(32)37-8-2/h9-11,18,21,33H,7-8,12-15H2,1-6H3,(H2,27,31)(H,28,34)(H,29,36). The summed E-state index contributed by atoms with van der Waals surface area (Å²) in [6.45, 7) is 10.0. The zero-order valence-electron chi connectivity index (χ0n) is 23.0. The summed E-state index contributed by atoms with van der Waals surface area (Å²) in [5, 5.41) is 15.9. The summed E-state index contributed by atoms with van der Waals surface area (Å²) in [6.07, 6.45) is -1.32. The molecule has 0 aliphatic rings. The first-order valence-electron chi connectivity index (χ1n) is 12.5. The minimum Gasteiger partial charge on any atom is -0.507 e. The van der Waals surface area contributed by atoms with Crippen molar-refractivity contribution in [3.63, 3.8) is 0 Å². The number of phenols is 1. The number of aromatic hydroxyl groups is 1. The van der Waals surface area contributed by atoms with E-state index in [1.807, 2.05) is 0 Å². The SMILES string of the molecule is CCOC(=O)CCNC(=O)C(c1cccc(C)c1O)N(CC)C(=O)C(CCC(N)=O)NC(=O)OC(C)(C)C. The Kier molecular flexibility index (Phi) is 12.5. The molecule has 0 fully saturated rings. The van der Waals surface area contributed by atoms with Gasteiger partial charge in [0.25, 0.3) is 0 Å². The number of nitrogens with two attached hydrogens (primary N) is 1. The number of rotatable bonds is 13. The maximum atomic E-state index is 13.7. The lowest BCUT2D eigenvalue weighted by molar-refractivity contribution is -0.144. The van der Waals surface area contributed by atoms with E-state index in [9.17, 15) is 29.1 Å². The maximum absolute atomic E-state index is 13.7. The molecule has 1 aromatic rings. The minimum absolute atomic E-state index is 0.00521. The van der Waals surface area contributed by atoms with Gasteiger partial charge in [0.15, 0.2) is 0 Å². The third-order valence-electron chi connectivity index (χ3n) is 5.35. The topological polar surface area (TPSA) is 177 Å². The first kappa shape index (κ1) is 32.2. The van der Waals surface area contributed by atoms with Gasteiger partial charge in [0, 0.05) is 25.1 Å². The van der Waals surface area contributed by atoms with Crippen LogP contribution in [0.15, 0.2) is 18.2 Å². The predicted octanol–water partition coefficient (Wildman–Crippen LogP) is 1.82. The second-order valence-electron chi connectivity index (χ2n) is 9.59. The fourth-order valence-corrected chi connectivity index (χ4v) is 3.63. The van der Waals surface area contributed by atoms with E-state index < -0.39 is 47.5 Å². The van der Waals surface area contributed by atoms with Gasteiger partial charge in [-0.1, -0.05) is 18.2 Å². The Hall–Kier alpha value is -3.83. The molecule has 212 valence electrons. The number of ether oxygens (including phenoxy) is 2. The summed E-state index contributed by atoms with van der Waals surface area (Å²) in [4.78, 5) is 64.0. The first-order chi connectivity index (χ1) is 17.7. The normalized spacial score (nSPS) is 12.6. The molecule has 0 heterocycles. The van der Waals surface area contributed by atoms with Crippen LogP contribution >= 0.6 is 0 Å². The number of esters is 1. The average molecular weight is 537 g/mol. The van der Waals surface area contributed by atoms with Crippen LogP contribution in [0.5, 0.6) is 5.75 Å². The number of carbonyl (C=O) groups is 5. The number of nitrogens with one attached hydrogen (secondary N) is 2. The molecule has 0 aliphatic carbocycles. The molecule has 4 amide bonds. The lowest BCUT2D eigenvalue weighted by Crippen LogP contribution is -2.53. The van der Waals surface area contributed by atoms with Crippen LogP contribution in [-0.2, 0) is 28.7 Å². The molecule has 0 saturated heterocycles. The smallest absolute Gasteiger partial charge is 0.408 e. The number of benzene rings is 1. The van der Waals surface area contributed by atoms with Crippen LogP contribution in [0.1, 0.15) is 71.0 Å². The molecule has 0 spiro atoms. The van der Waals surface area contributed by atoms with Gasteiger partial charge in [-0.3, -0.25) is 19.2 Å². The predicted molar refractivity (Wildman–Crippen MR) is 139 cm³/mol. The van der Waals surface area contributed by atoms with Gasteiger partial charge in [0.2, 0.25) is 17.7 Å². The lowest BCUT2D eigenvalue weighted by Gasteiger charge is -2.34. The highest BCUT2D eigenvalue weighted by Gasteiger charge is 2.37. The molecule has 1 aromatic carbocycles. The van der Waals surface area contributed by atoms with Crippen molar-refractivity contribution in [1.29, 1.82) is 0 Å². The largest absolute Gasteiger partial charge is 0.507 e. The molecule has 5 N–H and O–H groups in total. The van der Waals surface area contributed by atoms with Gasteiger partial charge in [-0.2, -0.15) is 0 Å². The Morgan fingerprint density at radius 2 is 1.76 bits per heavy atom. The van der Waals surface area contributed by atoms with E-state index in [0.29, 0.717) is 5.56 Å². The summed E-state index contributed by atoms with van der Waals surface area (Å²) in [7, 11) is 0. The van der Waals surface area contributed by atoms with Gasteiger partial charge in [-0.15, -0.1) is 0 Å². The Morgan fingerprint density at radius 1 is 1.11 bits per heavy atom. The molecular weight excluding hydrogens is 496 g/mol. The zero-order valence-corrected chi connectivity index (χ0v) is 23.0. The van der Waals surface area contributed by atoms with Crippen molar-refractivity contribution in [1.82, 2.24) is 15.5 Å². The number of likely N-dealkylation sites (N-methyl/N-ethyl adjacent to an activating group) is 1. The van der Waals surface area contributed by atoms with Gasteiger partial charge >= 0.3 is 12.1 Å². The van der Waals surface area contributed by atoms with Crippen molar-refractivity contribution in [2.45, 2.75) is 78.5 Å². The van der Waals surface area contributed by atoms with Crippen LogP contribution in [0.4, 0.5) is 4.79 Å². The third-order valence-corrected chi connectivity index (χ3v) is 5.35. The number of carbonyl (C=O) groups excluding carboxylic acids is 5. The molecule has 2 unspecified atom stereocenters. The molecule has 0 radical (unpaired) electrons. The second kappa shape index (κ2) is 14.8. The van der Waals surface area contributed by atoms with E-state index in [0.717, 1.165) is 0 Å². The first-order valence-corrected chi connectivity index (χ1v) is 12.5. The van der Waals surface area contributed by atoms with Gasteiger partial charge in [0.05, 0.1) is 13.0 Å². The molecule has 1 rings (SSSR count).